The number of hydrogen-bond acceptors (Lipinski definition) is 9. The highest BCUT2D eigenvalue weighted by Crippen LogP contribution is 2.34. The lowest BCUT2D eigenvalue weighted by atomic mass is 10.1. The molecule has 0 bridgehead atoms. The minimum Gasteiger partial charge on any atom is -0.493 e. The van der Waals surface area contributed by atoms with E-state index < -0.39 is 5.97 Å². The maximum atomic E-state index is 12.9. The Morgan fingerprint density at radius 2 is 1.91 bits per heavy atom. The summed E-state index contributed by atoms with van der Waals surface area (Å²) in [5, 5.41) is 7.17. The van der Waals surface area contributed by atoms with Crippen LogP contribution >= 0.6 is 22.7 Å². The van der Waals surface area contributed by atoms with E-state index in [2.05, 4.69) is 10.3 Å². The zero-order chi connectivity index (χ0) is 23.2. The van der Waals surface area contributed by atoms with Gasteiger partial charge in [-0.15, -0.1) is 22.7 Å². The molecule has 4 aromatic rings. The summed E-state index contributed by atoms with van der Waals surface area (Å²) in [5.41, 5.74) is 1.01. The number of rotatable bonds is 9. The van der Waals surface area contributed by atoms with Crippen molar-refractivity contribution >= 4 is 40.2 Å². The number of amides is 1. The van der Waals surface area contributed by atoms with Gasteiger partial charge in [0.1, 0.15) is 6.61 Å². The number of thiazole rings is 1. The second kappa shape index (κ2) is 10.3. The van der Waals surface area contributed by atoms with Crippen LogP contribution in [-0.2, 0) is 22.6 Å². The predicted molar refractivity (Wildman–Crippen MR) is 125 cm³/mol. The van der Waals surface area contributed by atoms with E-state index in [1.165, 1.54) is 43.0 Å². The number of aromatic nitrogens is 1. The van der Waals surface area contributed by atoms with Gasteiger partial charge >= 0.3 is 5.97 Å². The fraction of sp³-hybridized carbons (Fsp3) is 0.174. The van der Waals surface area contributed by atoms with Crippen LogP contribution in [0.2, 0.25) is 0 Å². The number of esters is 1. The number of thiophene rings is 1. The van der Waals surface area contributed by atoms with E-state index in [0.717, 1.165) is 4.88 Å². The summed E-state index contributed by atoms with van der Waals surface area (Å²) in [6.45, 7) is -0.0348. The first-order valence-corrected chi connectivity index (χ1v) is 11.6. The number of furan rings is 1. The maximum absolute atomic E-state index is 12.9. The Morgan fingerprint density at radius 3 is 2.61 bits per heavy atom. The monoisotopic (exact) mass is 484 g/mol. The van der Waals surface area contributed by atoms with Crippen LogP contribution in [0.5, 0.6) is 11.5 Å². The highest BCUT2D eigenvalue weighted by Gasteiger charge is 2.21. The highest BCUT2D eigenvalue weighted by atomic mass is 32.1. The Balaban J connectivity index is 1.51. The fourth-order valence-electron chi connectivity index (χ4n) is 3.02. The molecule has 3 heterocycles. The van der Waals surface area contributed by atoms with E-state index in [1.807, 2.05) is 23.6 Å². The van der Waals surface area contributed by atoms with Crippen molar-refractivity contribution in [2.75, 3.05) is 19.5 Å². The van der Waals surface area contributed by atoms with Crippen LogP contribution in [-0.4, -0.2) is 31.1 Å². The van der Waals surface area contributed by atoms with Crippen molar-refractivity contribution in [1.29, 1.82) is 0 Å². The summed E-state index contributed by atoms with van der Waals surface area (Å²) in [5.74, 6) is 0.474. The predicted octanol–water partition coefficient (Wildman–Crippen LogP) is 5.02. The standard InChI is InChI=1S/C23H20N2O6S2/c1-28-19-10-16(17(11-20(19)29-2)25-21(26)9-15-5-4-8-32-15)23(27)31-12-14-13-33-22(24-14)18-6-3-7-30-18/h3-8,10-11,13H,9,12H2,1-2H3,(H,25,26). The van der Waals surface area contributed by atoms with Gasteiger partial charge in [-0.2, -0.15) is 0 Å². The Hall–Kier alpha value is -3.63. The minimum atomic E-state index is -0.630. The van der Waals surface area contributed by atoms with E-state index in [9.17, 15) is 9.59 Å². The van der Waals surface area contributed by atoms with E-state index in [-0.39, 0.29) is 30.2 Å². The number of hydrogen-bond donors (Lipinski definition) is 1. The van der Waals surface area contributed by atoms with Gasteiger partial charge in [0.05, 0.1) is 43.8 Å². The van der Waals surface area contributed by atoms with Crippen molar-refractivity contribution in [2.45, 2.75) is 13.0 Å². The quantitative estimate of drug-likeness (QED) is 0.333. The zero-order valence-electron chi connectivity index (χ0n) is 17.8. The van der Waals surface area contributed by atoms with Crippen molar-refractivity contribution in [3.63, 3.8) is 0 Å². The summed E-state index contributed by atoms with van der Waals surface area (Å²) >= 11 is 2.87. The molecule has 0 aliphatic carbocycles. The fourth-order valence-corrected chi connectivity index (χ4v) is 4.50. The average molecular weight is 485 g/mol. The summed E-state index contributed by atoms with van der Waals surface area (Å²) < 4.78 is 21.5. The molecule has 1 aromatic carbocycles. The molecule has 3 aromatic heterocycles. The zero-order valence-corrected chi connectivity index (χ0v) is 19.5. The average Bonchev–Trinajstić information content (AvgIpc) is 3.59. The normalized spacial score (nSPS) is 10.6. The van der Waals surface area contributed by atoms with Gasteiger partial charge in [0.25, 0.3) is 0 Å². The molecular formula is C23H20N2O6S2. The molecule has 0 radical (unpaired) electrons. The van der Waals surface area contributed by atoms with Crippen LogP contribution in [0, 0.1) is 0 Å². The molecule has 1 amide bonds. The van der Waals surface area contributed by atoms with Gasteiger partial charge in [0.15, 0.2) is 22.3 Å². The SMILES string of the molecule is COc1cc(NC(=O)Cc2cccs2)c(C(=O)OCc2csc(-c3ccco3)n2)cc1OC. The Labute approximate surface area is 197 Å². The first-order valence-electron chi connectivity index (χ1n) is 9.81. The van der Waals surface area contributed by atoms with Crippen molar-refractivity contribution < 1.29 is 28.2 Å². The molecule has 4 rings (SSSR count). The van der Waals surface area contributed by atoms with Crippen molar-refractivity contribution in [3.8, 4) is 22.3 Å². The second-order valence-electron chi connectivity index (χ2n) is 6.75. The molecule has 170 valence electrons. The van der Waals surface area contributed by atoms with Gasteiger partial charge in [-0.05, 0) is 23.6 Å². The number of carbonyl (C=O) groups is 2. The third-order valence-electron chi connectivity index (χ3n) is 4.57. The van der Waals surface area contributed by atoms with Crippen LogP contribution in [0.25, 0.3) is 10.8 Å². The molecule has 0 fully saturated rings. The molecule has 0 atom stereocenters. The van der Waals surface area contributed by atoms with Crippen molar-refractivity contribution in [2.24, 2.45) is 0 Å². The Bertz CT molecular complexity index is 1230. The smallest absolute Gasteiger partial charge is 0.340 e. The first kappa shape index (κ1) is 22.6. The molecule has 8 nitrogen and oxygen atoms in total. The number of nitrogens with one attached hydrogen (secondary N) is 1. The lowest BCUT2D eigenvalue weighted by Gasteiger charge is -2.15. The van der Waals surface area contributed by atoms with Crippen molar-refractivity contribution in [1.82, 2.24) is 4.98 Å². The van der Waals surface area contributed by atoms with Crippen LogP contribution in [0.15, 0.2) is 57.8 Å². The lowest BCUT2D eigenvalue weighted by molar-refractivity contribution is -0.115. The topological polar surface area (TPSA) is 99.9 Å². The summed E-state index contributed by atoms with van der Waals surface area (Å²) in [6, 6.07) is 10.4. The van der Waals surface area contributed by atoms with Gasteiger partial charge in [0.2, 0.25) is 5.91 Å². The van der Waals surface area contributed by atoms with Gasteiger partial charge in [0, 0.05) is 22.4 Å². The molecule has 0 aliphatic heterocycles. The van der Waals surface area contributed by atoms with Gasteiger partial charge in [-0.25, -0.2) is 9.78 Å². The summed E-state index contributed by atoms with van der Waals surface area (Å²) in [6.07, 6.45) is 1.76. The molecule has 0 aliphatic rings. The largest absolute Gasteiger partial charge is 0.493 e. The van der Waals surface area contributed by atoms with E-state index in [4.69, 9.17) is 18.6 Å². The molecule has 0 saturated heterocycles. The maximum Gasteiger partial charge on any atom is 0.340 e. The number of nitrogens with zero attached hydrogens (tertiary/aromatic N) is 1. The third kappa shape index (κ3) is 5.41. The number of carbonyl (C=O) groups excluding carboxylic acids is 2. The summed E-state index contributed by atoms with van der Waals surface area (Å²) in [7, 11) is 2.94. The molecule has 0 saturated carbocycles. The van der Waals surface area contributed by atoms with Crippen LogP contribution in [0.4, 0.5) is 5.69 Å². The number of methoxy groups -OCH3 is 2. The molecule has 10 heteroatoms. The highest BCUT2D eigenvalue weighted by molar-refractivity contribution is 7.13. The number of anilines is 1. The van der Waals surface area contributed by atoms with E-state index in [1.54, 1.807) is 23.8 Å². The van der Waals surface area contributed by atoms with E-state index >= 15 is 0 Å². The van der Waals surface area contributed by atoms with E-state index in [0.29, 0.717) is 28.0 Å². The third-order valence-corrected chi connectivity index (χ3v) is 6.35. The second-order valence-corrected chi connectivity index (χ2v) is 8.64. The molecule has 1 N–H and O–H groups in total. The molecule has 33 heavy (non-hydrogen) atoms. The summed E-state index contributed by atoms with van der Waals surface area (Å²) in [4.78, 5) is 30.8. The molecule has 0 spiro atoms. The Kier molecular flexibility index (Phi) is 7.06. The van der Waals surface area contributed by atoms with Crippen LogP contribution in [0.1, 0.15) is 20.9 Å². The number of benzene rings is 1. The van der Waals surface area contributed by atoms with Gasteiger partial charge < -0.3 is 23.9 Å². The van der Waals surface area contributed by atoms with Crippen molar-refractivity contribution in [3.05, 3.63) is 69.6 Å². The van der Waals surface area contributed by atoms with Gasteiger partial charge in [-0.3, -0.25) is 4.79 Å². The van der Waals surface area contributed by atoms with Gasteiger partial charge in [-0.1, -0.05) is 6.07 Å². The van der Waals surface area contributed by atoms with Crippen LogP contribution < -0.4 is 14.8 Å². The first-order chi connectivity index (χ1) is 16.1. The number of ether oxygens (including phenoxy) is 3. The molecule has 0 unspecified atom stereocenters. The molecular weight excluding hydrogens is 464 g/mol. The van der Waals surface area contributed by atoms with Crippen LogP contribution in [0.3, 0.4) is 0 Å². The lowest BCUT2D eigenvalue weighted by Crippen LogP contribution is -2.17. The Morgan fingerprint density at radius 1 is 1.09 bits per heavy atom. The minimum absolute atomic E-state index is 0.0348.